The second-order valence-corrected chi connectivity index (χ2v) is 6.15. The molecule has 2 aliphatic rings. The summed E-state index contributed by atoms with van der Waals surface area (Å²) in [5.74, 6) is 0. The van der Waals surface area contributed by atoms with Crippen molar-refractivity contribution in [3.05, 3.63) is 35.9 Å². The number of hydrogen-bond donors (Lipinski definition) is 0. The molecule has 8 heteroatoms. The second kappa shape index (κ2) is 5.63. The Hall–Kier alpha value is -1.64. The smallest absolute Gasteiger partial charge is 0.410 e. The number of fused-ring (bicyclic) bond motifs is 1. The summed E-state index contributed by atoms with van der Waals surface area (Å²) < 4.78 is 37.2. The predicted octanol–water partition coefficient (Wildman–Crippen LogP) is 1.06. The fourth-order valence-electron chi connectivity index (χ4n) is 2.40. The van der Waals surface area contributed by atoms with Crippen LogP contribution in [-0.2, 0) is 30.1 Å². The van der Waals surface area contributed by atoms with Gasteiger partial charge in [0.25, 0.3) is 0 Å². The van der Waals surface area contributed by atoms with Gasteiger partial charge in [0.1, 0.15) is 18.8 Å². The molecule has 2 heterocycles. The van der Waals surface area contributed by atoms with Crippen LogP contribution >= 0.6 is 0 Å². The van der Waals surface area contributed by atoms with Crippen molar-refractivity contribution < 1.29 is 26.3 Å². The van der Waals surface area contributed by atoms with Crippen LogP contribution in [0.25, 0.3) is 0 Å². The van der Waals surface area contributed by atoms with Crippen LogP contribution in [0, 0.1) is 0 Å². The van der Waals surface area contributed by atoms with Crippen molar-refractivity contribution in [3.63, 3.8) is 0 Å². The summed E-state index contributed by atoms with van der Waals surface area (Å²) in [6, 6.07) is 9.33. The molecule has 0 spiro atoms. The van der Waals surface area contributed by atoms with Crippen molar-refractivity contribution in [2.24, 2.45) is 0 Å². The zero-order chi connectivity index (χ0) is 14.9. The molecule has 0 bridgehead atoms. The van der Waals surface area contributed by atoms with Crippen LogP contribution in [-0.4, -0.2) is 44.7 Å². The molecule has 1 aromatic carbocycles. The molecule has 0 radical (unpaired) electrons. The highest BCUT2D eigenvalue weighted by Crippen LogP contribution is 2.27. The third-order valence-electron chi connectivity index (χ3n) is 3.44. The minimum atomic E-state index is -3.91. The lowest BCUT2D eigenvalue weighted by Gasteiger charge is -2.30. The summed E-state index contributed by atoms with van der Waals surface area (Å²) in [6.45, 7) is 0.713. The zero-order valence-electron chi connectivity index (χ0n) is 11.2. The van der Waals surface area contributed by atoms with E-state index in [9.17, 15) is 13.2 Å². The van der Waals surface area contributed by atoms with Crippen LogP contribution in [0.4, 0.5) is 4.79 Å². The fourth-order valence-corrected chi connectivity index (χ4v) is 3.46. The lowest BCUT2D eigenvalue weighted by molar-refractivity contribution is 0.0357. The van der Waals surface area contributed by atoms with Gasteiger partial charge in [0.15, 0.2) is 0 Å². The number of hydrogen-bond acceptors (Lipinski definition) is 6. The first-order valence-electron chi connectivity index (χ1n) is 6.61. The van der Waals surface area contributed by atoms with Gasteiger partial charge in [0.05, 0.1) is 6.54 Å². The SMILES string of the molecule is O=C(OCc1ccccc1)N1CC[C@H]2OS(=O)(=O)O[C@H]2C1. The Bertz CT molecular complexity index is 617. The van der Waals surface area contributed by atoms with Crippen LogP contribution in [0.2, 0.25) is 0 Å². The van der Waals surface area contributed by atoms with Crippen molar-refractivity contribution >= 4 is 16.5 Å². The third kappa shape index (κ3) is 3.34. The molecular formula is C13H15NO6S. The van der Waals surface area contributed by atoms with E-state index >= 15 is 0 Å². The van der Waals surface area contributed by atoms with Gasteiger partial charge in [-0.05, 0) is 12.0 Å². The number of rotatable bonds is 2. The molecule has 0 aliphatic carbocycles. The monoisotopic (exact) mass is 313 g/mol. The van der Waals surface area contributed by atoms with Crippen LogP contribution < -0.4 is 0 Å². The van der Waals surface area contributed by atoms with E-state index in [-0.39, 0.29) is 13.2 Å². The van der Waals surface area contributed by atoms with E-state index in [2.05, 4.69) is 0 Å². The summed E-state index contributed by atoms with van der Waals surface area (Å²) in [6.07, 6.45) is -1.23. The second-order valence-electron chi connectivity index (χ2n) is 4.95. The number of carbonyl (C=O) groups excluding carboxylic acids is 1. The van der Waals surface area contributed by atoms with Gasteiger partial charge in [-0.25, -0.2) is 13.2 Å². The Labute approximate surface area is 122 Å². The molecule has 114 valence electrons. The molecule has 2 fully saturated rings. The fraction of sp³-hybridized carbons (Fsp3) is 0.462. The van der Waals surface area contributed by atoms with Crippen LogP contribution in [0.3, 0.4) is 0 Å². The van der Waals surface area contributed by atoms with E-state index in [0.29, 0.717) is 13.0 Å². The van der Waals surface area contributed by atoms with E-state index in [1.807, 2.05) is 30.3 Å². The Morgan fingerprint density at radius 2 is 1.95 bits per heavy atom. The van der Waals surface area contributed by atoms with Crippen molar-refractivity contribution in [2.75, 3.05) is 13.1 Å². The molecule has 3 rings (SSSR count). The van der Waals surface area contributed by atoms with Gasteiger partial charge >= 0.3 is 16.5 Å². The molecule has 1 amide bonds. The third-order valence-corrected chi connectivity index (χ3v) is 4.41. The van der Waals surface area contributed by atoms with Gasteiger partial charge < -0.3 is 9.64 Å². The van der Waals surface area contributed by atoms with Gasteiger partial charge in [-0.3, -0.25) is 0 Å². The quantitative estimate of drug-likeness (QED) is 0.812. The average molecular weight is 313 g/mol. The van der Waals surface area contributed by atoms with Crippen molar-refractivity contribution in [3.8, 4) is 0 Å². The van der Waals surface area contributed by atoms with Gasteiger partial charge in [-0.1, -0.05) is 30.3 Å². The highest BCUT2D eigenvalue weighted by molar-refractivity contribution is 7.82. The Kier molecular flexibility index (Phi) is 3.83. The highest BCUT2D eigenvalue weighted by Gasteiger charge is 2.44. The first kappa shape index (κ1) is 14.3. The summed E-state index contributed by atoms with van der Waals surface area (Å²) >= 11 is 0. The van der Waals surface area contributed by atoms with Crippen molar-refractivity contribution in [1.82, 2.24) is 4.90 Å². The van der Waals surface area contributed by atoms with Crippen molar-refractivity contribution in [1.29, 1.82) is 0 Å². The maximum absolute atomic E-state index is 12.0. The minimum absolute atomic E-state index is 0.150. The van der Waals surface area contributed by atoms with Crippen LogP contribution in [0.15, 0.2) is 30.3 Å². The van der Waals surface area contributed by atoms with Gasteiger partial charge in [-0.15, -0.1) is 0 Å². The Balaban J connectivity index is 1.55. The standard InChI is InChI=1S/C13H15NO6S/c15-13(18-9-10-4-2-1-3-5-10)14-7-6-11-12(8-14)20-21(16,17)19-11/h1-5,11-12H,6-9H2/t11-,12+/m1/s1. The first-order valence-corrected chi connectivity index (χ1v) is 7.94. The first-order chi connectivity index (χ1) is 10.0. The highest BCUT2D eigenvalue weighted by atomic mass is 32.3. The van der Waals surface area contributed by atoms with E-state index in [1.54, 1.807) is 0 Å². The molecule has 2 atom stereocenters. The molecule has 7 nitrogen and oxygen atoms in total. The lowest BCUT2D eigenvalue weighted by atomic mass is 10.1. The minimum Gasteiger partial charge on any atom is -0.445 e. The van der Waals surface area contributed by atoms with Crippen molar-refractivity contribution in [2.45, 2.75) is 25.2 Å². The normalized spacial score (nSPS) is 27.1. The maximum atomic E-state index is 12.0. The Morgan fingerprint density at radius 3 is 2.71 bits per heavy atom. The molecule has 0 N–H and O–H groups in total. The number of carbonyl (C=O) groups is 1. The van der Waals surface area contributed by atoms with E-state index in [0.717, 1.165) is 5.56 Å². The van der Waals surface area contributed by atoms with Crippen LogP contribution in [0.5, 0.6) is 0 Å². The average Bonchev–Trinajstić information content (AvgIpc) is 2.78. The topological polar surface area (TPSA) is 82.1 Å². The predicted molar refractivity (Wildman–Crippen MR) is 71.5 cm³/mol. The summed E-state index contributed by atoms with van der Waals surface area (Å²) in [5, 5.41) is 0. The molecular weight excluding hydrogens is 298 g/mol. The summed E-state index contributed by atoms with van der Waals surface area (Å²) in [5.41, 5.74) is 0.892. The number of piperidine rings is 1. The number of amides is 1. The number of nitrogens with zero attached hydrogens (tertiary/aromatic N) is 1. The molecule has 1 aromatic rings. The van der Waals surface area contributed by atoms with Gasteiger partial charge in [-0.2, -0.15) is 8.42 Å². The largest absolute Gasteiger partial charge is 0.445 e. The maximum Gasteiger partial charge on any atom is 0.410 e. The van der Waals surface area contributed by atoms with E-state index in [1.165, 1.54) is 4.90 Å². The van der Waals surface area contributed by atoms with Gasteiger partial charge in [0, 0.05) is 6.54 Å². The van der Waals surface area contributed by atoms with E-state index in [4.69, 9.17) is 13.1 Å². The van der Waals surface area contributed by atoms with E-state index < -0.39 is 28.7 Å². The molecule has 2 aliphatic heterocycles. The number of benzene rings is 1. The van der Waals surface area contributed by atoms with Gasteiger partial charge in [0.2, 0.25) is 0 Å². The summed E-state index contributed by atoms with van der Waals surface area (Å²) in [4.78, 5) is 13.4. The molecule has 21 heavy (non-hydrogen) atoms. The number of likely N-dealkylation sites (tertiary alicyclic amines) is 1. The lowest BCUT2D eigenvalue weighted by Crippen LogP contribution is -2.47. The van der Waals surface area contributed by atoms with Crippen LogP contribution in [0.1, 0.15) is 12.0 Å². The molecule has 2 saturated heterocycles. The molecule has 0 unspecified atom stereocenters. The zero-order valence-corrected chi connectivity index (χ0v) is 12.0. The molecule has 0 aromatic heterocycles. The molecule has 0 saturated carbocycles. The summed E-state index contributed by atoms with van der Waals surface area (Å²) in [7, 11) is -3.91. The number of ether oxygens (including phenoxy) is 1. The Morgan fingerprint density at radius 1 is 1.24 bits per heavy atom.